The van der Waals surface area contributed by atoms with E-state index in [4.69, 9.17) is 0 Å². The van der Waals surface area contributed by atoms with Crippen LogP contribution in [-0.2, 0) is 16.1 Å². The van der Waals surface area contributed by atoms with Crippen molar-refractivity contribution in [1.29, 1.82) is 0 Å². The Balaban J connectivity index is 1.78. The minimum atomic E-state index is -0.195. The molecule has 22 heavy (non-hydrogen) atoms. The van der Waals surface area contributed by atoms with Gasteiger partial charge in [-0.05, 0) is 18.9 Å². The maximum Gasteiger partial charge on any atom is 0.225 e. The van der Waals surface area contributed by atoms with Crippen molar-refractivity contribution in [2.45, 2.75) is 46.1 Å². The lowest BCUT2D eigenvalue weighted by Crippen LogP contribution is -2.32. The number of benzene rings is 1. The van der Waals surface area contributed by atoms with Gasteiger partial charge in [-0.3, -0.25) is 9.59 Å². The SMILES string of the molecule is CCCCCN1CC(C(=O)NCc2ccc(C)cc2)CC1=O. The zero-order valence-corrected chi connectivity index (χ0v) is 13.6. The van der Waals surface area contributed by atoms with E-state index in [1.54, 1.807) is 0 Å². The van der Waals surface area contributed by atoms with E-state index < -0.39 is 0 Å². The Kier molecular flexibility index (Phi) is 5.99. The largest absolute Gasteiger partial charge is 0.352 e. The van der Waals surface area contributed by atoms with Gasteiger partial charge in [0.1, 0.15) is 0 Å². The molecule has 0 aliphatic carbocycles. The number of carbonyl (C=O) groups excluding carboxylic acids is 2. The molecule has 2 amide bonds. The lowest BCUT2D eigenvalue weighted by atomic mass is 10.1. The van der Waals surface area contributed by atoms with Gasteiger partial charge in [-0.1, -0.05) is 49.6 Å². The first-order valence-electron chi connectivity index (χ1n) is 8.21. The molecule has 1 aliphatic heterocycles. The second kappa shape index (κ2) is 7.97. The molecule has 4 heteroatoms. The summed E-state index contributed by atoms with van der Waals surface area (Å²) in [6.07, 6.45) is 3.66. The van der Waals surface area contributed by atoms with Crippen LogP contribution in [0.15, 0.2) is 24.3 Å². The third kappa shape index (κ3) is 4.58. The molecule has 120 valence electrons. The highest BCUT2D eigenvalue weighted by Crippen LogP contribution is 2.19. The first-order chi connectivity index (χ1) is 10.6. The van der Waals surface area contributed by atoms with Gasteiger partial charge in [0.15, 0.2) is 0 Å². The summed E-state index contributed by atoms with van der Waals surface area (Å²) in [4.78, 5) is 26.0. The van der Waals surface area contributed by atoms with Gasteiger partial charge in [-0.15, -0.1) is 0 Å². The van der Waals surface area contributed by atoms with E-state index in [-0.39, 0.29) is 17.7 Å². The molecule has 1 N–H and O–H groups in total. The van der Waals surface area contributed by atoms with Gasteiger partial charge in [-0.2, -0.15) is 0 Å². The zero-order valence-electron chi connectivity index (χ0n) is 13.6. The summed E-state index contributed by atoms with van der Waals surface area (Å²) in [5, 5.41) is 2.95. The highest BCUT2D eigenvalue weighted by atomic mass is 16.2. The number of nitrogens with one attached hydrogen (secondary N) is 1. The number of hydrogen-bond acceptors (Lipinski definition) is 2. The van der Waals surface area contributed by atoms with Crippen LogP contribution in [0, 0.1) is 12.8 Å². The fraction of sp³-hybridized carbons (Fsp3) is 0.556. The Bertz CT molecular complexity index is 510. The summed E-state index contributed by atoms with van der Waals surface area (Å²) in [5.41, 5.74) is 2.29. The number of likely N-dealkylation sites (tertiary alicyclic amines) is 1. The highest BCUT2D eigenvalue weighted by Gasteiger charge is 2.33. The first-order valence-corrected chi connectivity index (χ1v) is 8.21. The first kappa shape index (κ1) is 16.5. The van der Waals surface area contributed by atoms with E-state index >= 15 is 0 Å². The van der Waals surface area contributed by atoms with Crippen LogP contribution in [0.2, 0.25) is 0 Å². The Labute approximate surface area is 132 Å². The normalized spacial score (nSPS) is 17.8. The molecule has 0 bridgehead atoms. The molecule has 0 saturated carbocycles. The molecule has 1 aromatic rings. The number of carbonyl (C=O) groups is 2. The van der Waals surface area contributed by atoms with E-state index in [0.29, 0.717) is 19.5 Å². The summed E-state index contributed by atoms with van der Waals surface area (Å²) >= 11 is 0. The number of aryl methyl sites for hydroxylation is 1. The zero-order chi connectivity index (χ0) is 15.9. The number of hydrogen-bond donors (Lipinski definition) is 1. The molecule has 1 aromatic carbocycles. The van der Waals surface area contributed by atoms with E-state index in [2.05, 4.69) is 12.2 Å². The standard InChI is InChI=1S/C18H26N2O2/c1-3-4-5-10-20-13-16(11-17(20)21)18(22)19-12-15-8-6-14(2)7-9-15/h6-9,16H,3-5,10-13H2,1-2H3,(H,19,22). The molecule has 4 nitrogen and oxygen atoms in total. The van der Waals surface area contributed by atoms with E-state index in [0.717, 1.165) is 31.4 Å². The van der Waals surface area contributed by atoms with Crippen molar-refractivity contribution in [2.75, 3.05) is 13.1 Å². The smallest absolute Gasteiger partial charge is 0.225 e. The van der Waals surface area contributed by atoms with Gasteiger partial charge < -0.3 is 10.2 Å². The lowest BCUT2D eigenvalue weighted by molar-refractivity contribution is -0.129. The van der Waals surface area contributed by atoms with Gasteiger partial charge >= 0.3 is 0 Å². The molecule has 1 atom stereocenters. The molecule has 1 fully saturated rings. The van der Waals surface area contributed by atoms with Crippen molar-refractivity contribution in [2.24, 2.45) is 5.92 Å². The van der Waals surface area contributed by atoms with Crippen molar-refractivity contribution in [3.05, 3.63) is 35.4 Å². The highest BCUT2D eigenvalue weighted by molar-refractivity contribution is 5.89. The molecule has 0 spiro atoms. The van der Waals surface area contributed by atoms with E-state index in [1.165, 1.54) is 5.56 Å². The molecule has 0 aromatic heterocycles. The molecular formula is C18H26N2O2. The quantitative estimate of drug-likeness (QED) is 0.787. The van der Waals surface area contributed by atoms with Gasteiger partial charge in [0.2, 0.25) is 11.8 Å². The van der Waals surface area contributed by atoms with Crippen molar-refractivity contribution in [3.8, 4) is 0 Å². The molecule has 0 radical (unpaired) electrons. The molecule has 2 rings (SSSR count). The van der Waals surface area contributed by atoms with E-state index in [1.807, 2.05) is 36.1 Å². The molecule has 1 aliphatic rings. The average molecular weight is 302 g/mol. The minimum Gasteiger partial charge on any atom is -0.352 e. The van der Waals surface area contributed by atoms with Crippen molar-refractivity contribution >= 4 is 11.8 Å². The Morgan fingerprint density at radius 2 is 2.00 bits per heavy atom. The van der Waals surface area contributed by atoms with Crippen molar-refractivity contribution in [1.82, 2.24) is 10.2 Å². The Morgan fingerprint density at radius 3 is 2.68 bits per heavy atom. The summed E-state index contributed by atoms with van der Waals surface area (Å²) in [5.74, 6) is -0.0851. The predicted molar refractivity (Wildman–Crippen MR) is 87.2 cm³/mol. The van der Waals surface area contributed by atoms with Crippen LogP contribution in [0.25, 0.3) is 0 Å². The average Bonchev–Trinajstić information content (AvgIpc) is 2.88. The fourth-order valence-corrected chi connectivity index (χ4v) is 2.76. The van der Waals surface area contributed by atoms with Crippen LogP contribution in [0.1, 0.15) is 43.7 Å². The van der Waals surface area contributed by atoms with Gasteiger partial charge in [0.05, 0.1) is 5.92 Å². The third-order valence-electron chi connectivity index (χ3n) is 4.20. The number of rotatable bonds is 7. The Hall–Kier alpha value is -1.84. The predicted octanol–water partition coefficient (Wildman–Crippen LogP) is 2.65. The maximum absolute atomic E-state index is 12.2. The molecule has 1 heterocycles. The molecular weight excluding hydrogens is 276 g/mol. The fourth-order valence-electron chi connectivity index (χ4n) is 2.76. The van der Waals surface area contributed by atoms with Crippen LogP contribution in [0.4, 0.5) is 0 Å². The van der Waals surface area contributed by atoms with Crippen LogP contribution >= 0.6 is 0 Å². The van der Waals surface area contributed by atoms with E-state index in [9.17, 15) is 9.59 Å². The minimum absolute atomic E-state index is 0.00748. The van der Waals surface area contributed by atoms with Crippen LogP contribution in [0.5, 0.6) is 0 Å². The number of amides is 2. The number of nitrogens with zero attached hydrogens (tertiary/aromatic N) is 1. The maximum atomic E-state index is 12.2. The summed E-state index contributed by atoms with van der Waals surface area (Å²) < 4.78 is 0. The second-order valence-electron chi connectivity index (χ2n) is 6.15. The topological polar surface area (TPSA) is 49.4 Å². The monoisotopic (exact) mass is 302 g/mol. The third-order valence-corrected chi connectivity index (χ3v) is 4.20. The summed E-state index contributed by atoms with van der Waals surface area (Å²) in [6.45, 7) is 6.07. The summed E-state index contributed by atoms with van der Waals surface area (Å²) in [6, 6.07) is 8.12. The van der Waals surface area contributed by atoms with Crippen LogP contribution in [0.3, 0.4) is 0 Å². The van der Waals surface area contributed by atoms with Crippen LogP contribution in [-0.4, -0.2) is 29.8 Å². The van der Waals surface area contributed by atoms with Crippen molar-refractivity contribution < 1.29 is 9.59 Å². The van der Waals surface area contributed by atoms with Crippen molar-refractivity contribution in [3.63, 3.8) is 0 Å². The van der Waals surface area contributed by atoms with Gasteiger partial charge in [-0.25, -0.2) is 0 Å². The molecule has 1 unspecified atom stereocenters. The summed E-state index contributed by atoms with van der Waals surface area (Å²) in [7, 11) is 0. The Morgan fingerprint density at radius 1 is 1.27 bits per heavy atom. The number of unbranched alkanes of at least 4 members (excludes halogenated alkanes) is 2. The van der Waals surface area contributed by atoms with Crippen LogP contribution < -0.4 is 5.32 Å². The van der Waals surface area contributed by atoms with Gasteiger partial charge in [0, 0.05) is 26.1 Å². The molecule has 1 saturated heterocycles. The lowest BCUT2D eigenvalue weighted by Gasteiger charge is -2.16. The second-order valence-corrected chi connectivity index (χ2v) is 6.15. The van der Waals surface area contributed by atoms with Gasteiger partial charge in [0.25, 0.3) is 0 Å².